The highest BCUT2D eigenvalue weighted by Crippen LogP contribution is 2.36. The van der Waals surface area contributed by atoms with Crippen molar-refractivity contribution in [3.8, 4) is 0 Å². The van der Waals surface area contributed by atoms with Gasteiger partial charge in [0.2, 0.25) is 0 Å². The molecule has 3 N–H and O–H groups in total. The highest BCUT2D eigenvalue weighted by atomic mass is 19.1. The number of halogens is 1. The molecule has 92 valence electrons. The Kier molecular flexibility index (Phi) is 2.96. The fourth-order valence-corrected chi connectivity index (χ4v) is 2.67. The van der Waals surface area contributed by atoms with Crippen molar-refractivity contribution in [3.05, 3.63) is 35.3 Å². The van der Waals surface area contributed by atoms with Gasteiger partial charge in [0, 0.05) is 11.1 Å². The summed E-state index contributed by atoms with van der Waals surface area (Å²) in [5.41, 5.74) is 8.43. The van der Waals surface area contributed by atoms with Crippen LogP contribution in [0, 0.1) is 12.7 Å². The van der Waals surface area contributed by atoms with E-state index in [2.05, 4.69) is 18.8 Å². The highest BCUT2D eigenvalue weighted by molar-refractivity contribution is 5.86. The first kappa shape index (κ1) is 12.1. The van der Waals surface area contributed by atoms with Crippen LogP contribution < -0.4 is 5.73 Å². The molecule has 0 unspecified atom stereocenters. The molecule has 0 radical (unpaired) electrons. The zero-order chi connectivity index (χ0) is 12.6. The number of fused-ring (bicyclic) bond motifs is 1. The van der Waals surface area contributed by atoms with Crippen LogP contribution in [0.4, 0.5) is 4.39 Å². The van der Waals surface area contributed by atoms with Gasteiger partial charge in [-0.3, -0.25) is 0 Å². The standard InChI is InChI=1S/C14H19FN2/c1-9-12(14(2,3)7-8-16)10-5-4-6-11(15)13(10)17-9/h4-6,17H,7-8,16H2,1-3H3. The zero-order valence-electron chi connectivity index (χ0n) is 10.6. The monoisotopic (exact) mass is 234 g/mol. The number of benzene rings is 1. The molecule has 0 bridgehead atoms. The van der Waals surface area contributed by atoms with Crippen LogP contribution in [0.25, 0.3) is 10.9 Å². The van der Waals surface area contributed by atoms with E-state index in [0.717, 1.165) is 17.5 Å². The normalized spacial score (nSPS) is 12.3. The summed E-state index contributed by atoms with van der Waals surface area (Å²) in [5, 5.41) is 0.973. The second-order valence-corrected chi connectivity index (χ2v) is 5.21. The van der Waals surface area contributed by atoms with Gasteiger partial charge in [-0.15, -0.1) is 0 Å². The molecule has 1 aromatic heterocycles. The fourth-order valence-electron chi connectivity index (χ4n) is 2.67. The van der Waals surface area contributed by atoms with E-state index in [9.17, 15) is 4.39 Å². The minimum Gasteiger partial charge on any atom is -0.356 e. The summed E-state index contributed by atoms with van der Waals surface area (Å²) >= 11 is 0. The van der Waals surface area contributed by atoms with Gasteiger partial charge < -0.3 is 10.7 Å². The van der Waals surface area contributed by atoms with E-state index in [0.29, 0.717) is 12.1 Å². The van der Waals surface area contributed by atoms with Crippen LogP contribution in [0.3, 0.4) is 0 Å². The van der Waals surface area contributed by atoms with E-state index in [1.165, 1.54) is 11.6 Å². The first-order chi connectivity index (χ1) is 7.97. The van der Waals surface area contributed by atoms with Crippen LogP contribution in [0.1, 0.15) is 31.5 Å². The molecule has 2 aromatic rings. The second kappa shape index (κ2) is 4.15. The fraction of sp³-hybridized carbons (Fsp3) is 0.429. The minimum absolute atomic E-state index is 0.0368. The minimum atomic E-state index is -0.194. The van der Waals surface area contributed by atoms with Crippen molar-refractivity contribution in [2.24, 2.45) is 5.73 Å². The lowest BCUT2D eigenvalue weighted by Gasteiger charge is -2.25. The molecule has 0 amide bonds. The number of rotatable bonds is 3. The maximum Gasteiger partial charge on any atom is 0.147 e. The summed E-state index contributed by atoms with van der Waals surface area (Å²) < 4.78 is 13.7. The number of aromatic amines is 1. The number of H-pyrrole nitrogens is 1. The lowest BCUT2D eigenvalue weighted by Crippen LogP contribution is -2.22. The number of aromatic nitrogens is 1. The smallest absolute Gasteiger partial charge is 0.147 e. The molecular formula is C14H19FN2. The van der Waals surface area contributed by atoms with Gasteiger partial charge in [0.25, 0.3) is 0 Å². The number of hydrogen-bond donors (Lipinski definition) is 2. The molecule has 1 aromatic carbocycles. The predicted octanol–water partition coefficient (Wildman–Crippen LogP) is 3.24. The lowest BCUT2D eigenvalue weighted by molar-refractivity contribution is 0.489. The molecule has 2 rings (SSSR count). The SMILES string of the molecule is Cc1[nH]c2c(F)cccc2c1C(C)(C)CCN. The van der Waals surface area contributed by atoms with E-state index < -0.39 is 0 Å². The third kappa shape index (κ3) is 1.95. The van der Waals surface area contributed by atoms with Gasteiger partial charge in [0.05, 0.1) is 5.52 Å². The molecule has 0 atom stereocenters. The molecule has 0 aliphatic rings. The molecule has 0 spiro atoms. The molecule has 3 heteroatoms. The van der Waals surface area contributed by atoms with Crippen molar-refractivity contribution in [2.45, 2.75) is 32.6 Å². The first-order valence-corrected chi connectivity index (χ1v) is 5.94. The van der Waals surface area contributed by atoms with Gasteiger partial charge in [-0.25, -0.2) is 4.39 Å². The van der Waals surface area contributed by atoms with Gasteiger partial charge in [-0.2, -0.15) is 0 Å². The van der Waals surface area contributed by atoms with Crippen LogP contribution in [-0.2, 0) is 5.41 Å². The van der Waals surface area contributed by atoms with Gasteiger partial charge in [-0.05, 0) is 36.9 Å². The number of nitrogens with one attached hydrogen (secondary N) is 1. The summed E-state index contributed by atoms with van der Waals surface area (Å²) in [6, 6.07) is 5.21. The van der Waals surface area contributed by atoms with E-state index in [1.54, 1.807) is 6.07 Å². The Balaban J connectivity index is 2.69. The Morgan fingerprint density at radius 2 is 2.06 bits per heavy atom. The Morgan fingerprint density at radius 1 is 1.35 bits per heavy atom. The number of aryl methyl sites for hydroxylation is 1. The Hall–Kier alpha value is -1.35. The summed E-state index contributed by atoms with van der Waals surface area (Å²) in [6.07, 6.45) is 0.886. The predicted molar refractivity (Wildman–Crippen MR) is 69.7 cm³/mol. The zero-order valence-corrected chi connectivity index (χ0v) is 10.6. The van der Waals surface area contributed by atoms with Crippen molar-refractivity contribution in [3.63, 3.8) is 0 Å². The summed E-state index contributed by atoms with van der Waals surface area (Å²) in [6.45, 7) is 6.93. The highest BCUT2D eigenvalue weighted by Gasteiger charge is 2.26. The van der Waals surface area contributed by atoms with E-state index >= 15 is 0 Å². The van der Waals surface area contributed by atoms with Crippen molar-refractivity contribution < 1.29 is 4.39 Å². The van der Waals surface area contributed by atoms with Crippen LogP contribution in [-0.4, -0.2) is 11.5 Å². The molecule has 0 aliphatic heterocycles. The number of hydrogen-bond acceptors (Lipinski definition) is 1. The molecule has 0 fully saturated rings. The number of para-hydroxylation sites is 1. The molecule has 0 aliphatic carbocycles. The molecule has 1 heterocycles. The average Bonchev–Trinajstić information content (AvgIpc) is 2.56. The molecule has 0 saturated heterocycles. The Labute approximate surface area is 101 Å². The molecule has 0 saturated carbocycles. The van der Waals surface area contributed by atoms with E-state index in [-0.39, 0.29) is 11.2 Å². The van der Waals surface area contributed by atoms with E-state index in [4.69, 9.17) is 5.73 Å². The van der Waals surface area contributed by atoms with Gasteiger partial charge in [0.1, 0.15) is 5.82 Å². The van der Waals surface area contributed by atoms with Crippen molar-refractivity contribution >= 4 is 10.9 Å². The molecule has 17 heavy (non-hydrogen) atoms. The summed E-state index contributed by atoms with van der Waals surface area (Å²) in [4.78, 5) is 3.14. The lowest BCUT2D eigenvalue weighted by atomic mass is 9.80. The Bertz CT molecular complexity index is 540. The third-order valence-corrected chi connectivity index (χ3v) is 3.42. The van der Waals surface area contributed by atoms with Crippen molar-refractivity contribution in [2.75, 3.05) is 6.54 Å². The Morgan fingerprint density at radius 3 is 2.71 bits per heavy atom. The van der Waals surface area contributed by atoms with Crippen LogP contribution in [0.5, 0.6) is 0 Å². The van der Waals surface area contributed by atoms with Crippen molar-refractivity contribution in [1.82, 2.24) is 4.98 Å². The van der Waals surface area contributed by atoms with Gasteiger partial charge >= 0.3 is 0 Å². The average molecular weight is 234 g/mol. The second-order valence-electron chi connectivity index (χ2n) is 5.21. The van der Waals surface area contributed by atoms with E-state index in [1.807, 2.05) is 13.0 Å². The van der Waals surface area contributed by atoms with Crippen LogP contribution >= 0.6 is 0 Å². The third-order valence-electron chi connectivity index (χ3n) is 3.42. The molecular weight excluding hydrogens is 215 g/mol. The molecule has 2 nitrogen and oxygen atoms in total. The van der Waals surface area contributed by atoms with Crippen molar-refractivity contribution in [1.29, 1.82) is 0 Å². The largest absolute Gasteiger partial charge is 0.356 e. The maximum atomic E-state index is 13.7. The number of nitrogens with two attached hydrogens (primary N) is 1. The van der Waals surface area contributed by atoms with Crippen LogP contribution in [0.2, 0.25) is 0 Å². The van der Waals surface area contributed by atoms with Gasteiger partial charge in [0.15, 0.2) is 0 Å². The van der Waals surface area contributed by atoms with Gasteiger partial charge in [-0.1, -0.05) is 26.0 Å². The topological polar surface area (TPSA) is 41.8 Å². The van der Waals surface area contributed by atoms with Crippen LogP contribution in [0.15, 0.2) is 18.2 Å². The quantitative estimate of drug-likeness (QED) is 0.841. The first-order valence-electron chi connectivity index (χ1n) is 5.94. The summed E-state index contributed by atoms with van der Waals surface area (Å²) in [7, 11) is 0. The maximum absolute atomic E-state index is 13.7. The summed E-state index contributed by atoms with van der Waals surface area (Å²) in [5.74, 6) is -0.194.